The van der Waals surface area contributed by atoms with Crippen molar-refractivity contribution in [3.8, 4) is 0 Å². The number of rotatable bonds is 1. The summed E-state index contributed by atoms with van der Waals surface area (Å²) in [5, 5.41) is 0. The van der Waals surface area contributed by atoms with Gasteiger partial charge >= 0.3 is 0 Å². The van der Waals surface area contributed by atoms with Crippen molar-refractivity contribution in [2.45, 2.75) is 45.6 Å². The molecule has 1 aliphatic heterocycles. The van der Waals surface area contributed by atoms with Crippen LogP contribution in [0.5, 0.6) is 0 Å². The molecule has 0 amide bonds. The highest BCUT2D eigenvalue weighted by molar-refractivity contribution is 4.64. The van der Waals surface area contributed by atoms with Crippen LogP contribution in [0.15, 0.2) is 0 Å². The second-order valence-corrected chi connectivity index (χ2v) is 3.32. The lowest BCUT2D eigenvalue weighted by atomic mass is 9.97. The molecule has 1 fully saturated rings. The predicted molar refractivity (Wildman–Crippen MR) is 43.0 cm³/mol. The third-order valence-electron chi connectivity index (χ3n) is 2.49. The van der Waals surface area contributed by atoms with Crippen LogP contribution in [0, 0.1) is 5.92 Å². The Kier molecular flexibility index (Phi) is 3.20. The van der Waals surface area contributed by atoms with Crippen molar-refractivity contribution >= 4 is 0 Å². The van der Waals surface area contributed by atoms with Crippen molar-refractivity contribution in [2.75, 3.05) is 6.61 Å². The molecular formula is C9H18O. The van der Waals surface area contributed by atoms with Gasteiger partial charge in [0.15, 0.2) is 0 Å². The number of hydrogen-bond acceptors (Lipinski definition) is 1. The lowest BCUT2D eigenvalue weighted by Gasteiger charge is -2.08. The normalized spacial score (nSPS) is 35.4. The van der Waals surface area contributed by atoms with Crippen LogP contribution in [-0.2, 0) is 4.74 Å². The van der Waals surface area contributed by atoms with Crippen LogP contribution < -0.4 is 0 Å². The van der Waals surface area contributed by atoms with E-state index in [1.54, 1.807) is 0 Å². The average molecular weight is 142 g/mol. The summed E-state index contributed by atoms with van der Waals surface area (Å²) in [5.41, 5.74) is 0. The van der Waals surface area contributed by atoms with Crippen molar-refractivity contribution in [1.82, 2.24) is 0 Å². The number of ether oxygens (including phenoxy) is 1. The van der Waals surface area contributed by atoms with E-state index in [1.165, 1.54) is 25.7 Å². The Morgan fingerprint density at radius 2 is 2.10 bits per heavy atom. The zero-order chi connectivity index (χ0) is 7.40. The molecule has 1 heteroatoms. The molecule has 0 aromatic carbocycles. The Morgan fingerprint density at radius 1 is 1.30 bits per heavy atom. The summed E-state index contributed by atoms with van der Waals surface area (Å²) in [6.07, 6.45) is 5.75. The summed E-state index contributed by atoms with van der Waals surface area (Å²) in [5.74, 6) is 0.935. The molecule has 0 spiro atoms. The molecule has 2 atom stereocenters. The smallest absolute Gasteiger partial charge is 0.0547 e. The molecular weight excluding hydrogens is 124 g/mol. The van der Waals surface area contributed by atoms with Gasteiger partial charge in [-0.25, -0.2) is 0 Å². The first-order valence-electron chi connectivity index (χ1n) is 4.44. The molecule has 0 aromatic heterocycles. The fraction of sp³-hybridized carbons (Fsp3) is 1.00. The van der Waals surface area contributed by atoms with Gasteiger partial charge in [-0.2, -0.15) is 0 Å². The molecule has 1 nitrogen and oxygen atoms in total. The van der Waals surface area contributed by atoms with Gasteiger partial charge in [-0.1, -0.05) is 13.3 Å². The minimum atomic E-state index is 0.511. The second kappa shape index (κ2) is 3.97. The molecule has 0 N–H and O–H groups in total. The lowest BCUT2D eigenvalue weighted by Crippen LogP contribution is -2.04. The van der Waals surface area contributed by atoms with Crippen molar-refractivity contribution < 1.29 is 4.74 Å². The first-order chi connectivity index (χ1) is 4.83. The van der Waals surface area contributed by atoms with Crippen LogP contribution in [0.3, 0.4) is 0 Å². The quantitative estimate of drug-likeness (QED) is 0.547. The fourth-order valence-electron chi connectivity index (χ4n) is 1.54. The maximum absolute atomic E-state index is 5.53. The van der Waals surface area contributed by atoms with E-state index >= 15 is 0 Å². The maximum atomic E-state index is 5.53. The van der Waals surface area contributed by atoms with Crippen LogP contribution in [0.25, 0.3) is 0 Å². The van der Waals surface area contributed by atoms with Crippen LogP contribution in [-0.4, -0.2) is 12.7 Å². The van der Waals surface area contributed by atoms with Crippen molar-refractivity contribution in [3.63, 3.8) is 0 Å². The largest absolute Gasteiger partial charge is 0.378 e. The van der Waals surface area contributed by atoms with Gasteiger partial charge in [0, 0.05) is 6.61 Å². The van der Waals surface area contributed by atoms with E-state index < -0.39 is 0 Å². The maximum Gasteiger partial charge on any atom is 0.0547 e. The Balaban J connectivity index is 2.26. The van der Waals surface area contributed by atoms with Crippen molar-refractivity contribution in [3.05, 3.63) is 0 Å². The van der Waals surface area contributed by atoms with Crippen LogP contribution in [0.2, 0.25) is 0 Å². The van der Waals surface area contributed by atoms with E-state index in [4.69, 9.17) is 4.74 Å². The molecule has 2 unspecified atom stereocenters. The Labute approximate surface area is 63.8 Å². The zero-order valence-electron chi connectivity index (χ0n) is 7.10. The van der Waals surface area contributed by atoms with E-state index in [-0.39, 0.29) is 0 Å². The van der Waals surface area contributed by atoms with Gasteiger partial charge in [0.05, 0.1) is 6.10 Å². The van der Waals surface area contributed by atoms with E-state index in [0.29, 0.717) is 6.10 Å². The molecule has 60 valence electrons. The van der Waals surface area contributed by atoms with E-state index in [9.17, 15) is 0 Å². The molecule has 1 rings (SSSR count). The minimum absolute atomic E-state index is 0.511. The molecule has 0 saturated carbocycles. The van der Waals surface area contributed by atoms with E-state index in [2.05, 4.69) is 13.8 Å². The highest BCUT2D eigenvalue weighted by Crippen LogP contribution is 2.21. The Hall–Kier alpha value is -0.0400. The molecule has 1 aliphatic rings. The predicted octanol–water partition coefficient (Wildman–Crippen LogP) is 2.60. The molecule has 10 heavy (non-hydrogen) atoms. The zero-order valence-corrected chi connectivity index (χ0v) is 7.10. The summed E-state index contributed by atoms with van der Waals surface area (Å²) in [4.78, 5) is 0. The van der Waals surface area contributed by atoms with Gasteiger partial charge < -0.3 is 4.74 Å². The van der Waals surface area contributed by atoms with Gasteiger partial charge in [-0.3, -0.25) is 0 Å². The first kappa shape index (κ1) is 8.06. The SMILES string of the molecule is CCC1CCOC(C)CC1. The highest BCUT2D eigenvalue weighted by atomic mass is 16.5. The summed E-state index contributed by atoms with van der Waals surface area (Å²) < 4.78 is 5.53. The summed E-state index contributed by atoms with van der Waals surface area (Å²) in [6.45, 7) is 5.44. The van der Waals surface area contributed by atoms with Gasteiger partial charge in [-0.15, -0.1) is 0 Å². The molecule has 0 bridgehead atoms. The molecule has 1 saturated heterocycles. The van der Waals surface area contributed by atoms with Crippen LogP contribution in [0.1, 0.15) is 39.5 Å². The molecule has 0 radical (unpaired) electrons. The molecule has 0 aromatic rings. The topological polar surface area (TPSA) is 9.23 Å². The molecule has 1 heterocycles. The van der Waals surface area contributed by atoms with Gasteiger partial charge in [0.2, 0.25) is 0 Å². The van der Waals surface area contributed by atoms with Gasteiger partial charge in [-0.05, 0) is 32.1 Å². The summed E-state index contributed by atoms with van der Waals surface area (Å²) in [6, 6.07) is 0. The van der Waals surface area contributed by atoms with Crippen LogP contribution in [0.4, 0.5) is 0 Å². The van der Waals surface area contributed by atoms with Crippen LogP contribution >= 0.6 is 0 Å². The monoisotopic (exact) mass is 142 g/mol. The van der Waals surface area contributed by atoms with Gasteiger partial charge in [0.25, 0.3) is 0 Å². The van der Waals surface area contributed by atoms with E-state index in [0.717, 1.165) is 12.5 Å². The Bertz CT molecular complexity index is 90.7. The average Bonchev–Trinajstić information content (AvgIpc) is 2.14. The molecule has 0 aliphatic carbocycles. The minimum Gasteiger partial charge on any atom is -0.378 e. The lowest BCUT2D eigenvalue weighted by molar-refractivity contribution is 0.0710. The highest BCUT2D eigenvalue weighted by Gasteiger charge is 2.13. The summed E-state index contributed by atoms with van der Waals surface area (Å²) in [7, 11) is 0. The van der Waals surface area contributed by atoms with Crippen molar-refractivity contribution in [1.29, 1.82) is 0 Å². The third kappa shape index (κ3) is 2.30. The van der Waals surface area contributed by atoms with E-state index in [1.807, 2.05) is 0 Å². The first-order valence-corrected chi connectivity index (χ1v) is 4.44. The van der Waals surface area contributed by atoms with Crippen molar-refractivity contribution in [2.24, 2.45) is 5.92 Å². The third-order valence-corrected chi connectivity index (χ3v) is 2.49. The summed E-state index contributed by atoms with van der Waals surface area (Å²) >= 11 is 0. The second-order valence-electron chi connectivity index (χ2n) is 3.32. The van der Waals surface area contributed by atoms with Gasteiger partial charge in [0.1, 0.15) is 0 Å². The Morgan fingerprint density at radius 3 is 2.80 bits per heavy atom. The fourth-order valence-corrected chi connectivity index (χ4v) is 1.54. The number of hydrogen-bond donors (Lipinski definition) is 0. The standard InChI is InChI=1S/C9H18O/c1-3-9-5-4-8(2)10-7-6-9/h8-9H,3-7H2,1-2H3.